The van der Waals surface area contributed by atoms with Crippen LogP contribution in [0.2, 0.25) is 5.02 Å². The summed E-state index contributed by atoms with van der Waals surface area (Å²) in [4.78, 5) is 33.3. The predicted octanol–water partition coefficient (Wildman–Crippen LogP) is 8.30. The van der Waals surface area contributed by atoms with E-state index >= 15 is 0 Å². The molecule has 220 valence electrons. The Balaban J connectivity index is 0.000000193. The molecule has 0 amide bonds. The first-order chi connectivity index (χ1) is 21.4. The minimum atomic E-state index is -0.466. The van der Waals surface area contributed by atoms with Crippen LogP contribution in [0, 0.1) is 11.7 Å². The van der Waals surface area contributed by atoms with Gasteiger partial charge in [-0.15, -0.1) is 0 Å². The third kappa shape index (κ3) is 5.47. The van der Waals surface area contributed by atoms with Crippen molar-refractivity contribution in [3.05, 3.63) is 130 Å². The van der Waals surface area contributed by atoms with E-state index in [4.69, 9.17) is 16.3 Å². The number of nitrogens with zero attached hydrogens (tertiary/aromatic N) is 2. The number of aromatic nitrogens is 2. The number of aromatic hydroxyl groups is 1. The number of carbonyl (C=O) groups excluding carboxylic acids is 2. The van der Waals surface area contributed by atoms with Crippen LogP contribution >= 0.6 is 11.6 Å². The molecule has 1 N–H and O–H groups in total. The van der Waals surface area contributed by atoms with E-state index in [0.29, 0.717) is 29.7 Å². The molecule has 0 bridgehead atoms. The molecule has 3 aromatic carbocycles. The zero-order valence-electron chi connectivity index (χ0n) is 23.9. The molecule has 1 unspecified atom stereocenters. The van der Waals surface area contributed by atoms with Crippen LogP contribution in [0.3, 0.4) is 0 Å². The molecule has 5 aromatic rings. The summed E-state index contributed by atoms with van der Waals surface area (Å²) in [7, 11) is 0. The molecule has 0 spiro atoms. The van der Waals surface area contributed by atoms with Crippen molar-refractivity contribution >= 4 is 50.5 Å². The molecule has 1 atom stereocenters. The molecule has 7 rings (SSSR count). The first-order valence-corrected chi connectivity index (χ1v) is 14.7. The number of ether oxygens (including phenoxy) is 1. The van der Waals surface area contributed by atoms with E-state index in [2.05, 4.69) is 22.1 Å². The van der Waals surface area contributed by atoms with Gasteiger partial charge in [-0.25, -0.2) is 14.2 Å². The standard InChI is InChI=1S/C25H18ClFO2.C11H10N2O2/c26-20-13-14(8-11-21(20)27)12-19-17-6-2-1-5-16(17)18-10-9-15-4-3-7-22(28)23(15)24(18)25(19)29;1-2-15-11(14)10-9-4-5-12-7-8(9)3-6-13-10/h1,3-5,7-11,13,19,28H,2,6,12H2;3-7H,2H2,1H3. The van der Waals surface area contributed by atoms with Crippen molar-refractivity contribution in [2.75, 3.05) is 6.61 Å². The molecule has 2 aliphatic carbocycles. The molecule has 2 heterocycles. The second kappa shape index (κ2) is 12.4. The molecular formula is C36H28ClFN2O4. The number of Topliss-reactive ketones (excluding diaryl/α,β-unsaturated/α-hetero) is 1. The van der Waals surface area contributed by atoms with Crippen LogP contribution in [0.15, 0.2) is 97.0 Å². The number of phenols is 1. The lowest BCUT2D eigenvalue weighted by atomic mass is 9.71. The Labute approximate surface area is 258 Å². The second-order valence-corrected chi connectivity index (χ2v) is 11.0. The van der Waals surface area contributed by atoms with Gasteiger partial charge in [-0.05, 0) is 78.6 Å². The van der Waals surface area contributed by atoms with Gasteiger partial charge >= 0.3 is 5.97 Å². The molecule has 0 saturated heterocycles. The fourth-order valence-corrected chi connectivity index (χ4v) is 6.18. The van der Waals surface area contributed by atoms with Gasteiger partial charge in [0.25, 0.3) is 0 Å². The minimum absolute atomic E-state index is 0.00148. The van der Waals surface area contributed by atoms with E-state index in [9.17, 15) is 19.1 Å². The van der Waals surface area contributed by atoms with Gasteiger partial charge in [0.1, 0.15) is 11.6 Å². The van der Waals surface area contributed by atoms with Gasteiger partial charge in [0.15, 0.2) is 11.5 Å². The second-order valence-electron chi connectivity index (χ2n) is 10.6. The van der Waals surface area contributed by atoms with Crippen molar-refractivity contribution in [3.8, 4) is 5.75 Å². The normalized spacial score (nSPS) is 15.4. The highest BCUT2D eigenvalue weighted by Gasteiger charge is 2.35. The summed E-state index contributed by atoms with van der Waals surface area (Å²) in [6, 6.07) is 17.4. The molecule has 0 saturated carbocycles. The third-order valence-corrected chi connectivity index (χ3v) is 8.26. The zero-order chi connectivity index (χ0) is 30.8. The number of phenolic OH excluding ortho intramolecular Hbond substituents is 1. The van der Waals surface area contributed by atoms with E-state index in [1.54, 1.807) is 55.8 Å². The molecule has 0 aliphatic heterocycles. The molecule has 2 aliphatic rings. The topological polar surface area (TPSA) is 89.4 Å². The lowest BCUT2D eigenvalue weighted by Crippen LogP contribution is -2.27. The number of fused-ring (bicyclic) bond motifs is 5. The summed E-state index contributed by atoms with van der Waals surface area (Å²) in [5, 5.41) is 13.7. The Morgan fingerprint density at radius 3 is 2.77 bits per heavy atom. The summed E-state index contributed by atoms with van der Waals surface area (Å²) in [6.07, 6.45) is 11.3. The fraction of sp³-hybridized carbons (Fsp3) is 0.167. The van der Waals surface area contributed by atoms with E-state index < -0.39 is 11.8 Å². The smallest absolute Gasteiger partial charge is 0.357 e. The number of pyridine rings is 2. The third-order valence-electron chi connectivity index (χ3n) is 7.97. The highest BCUT2D eigenvalue weighted by Crippen LogP contribution is 2.45. The summed E-state index contributed by atoms with van der Waals surface area (Å²) >= 11 is 5.97. The van der Waals surface area contributed by atoms with Gasteiger partial charge in [-0.2, -0.15) is 0 Å². The molecular weight excluding hydrogens is 579 g/mol. The maximum absolute atomic E-state index is 13.7. The summed E-state index contributed by atoms with van der Waals surface area (Å²) in [5.74, 6) is -1.10. The largest absolute Gasteiger partial charge is 0.507 e. The van der Waals surface area contributed by atoms with Crippen molar-refractivity contribution in [2.24, 2.45) is 5.92 Å². The van der Waals surface area contributed by atoms with Crippen LogP contribution in [0.25, 0.3) is 27.1 Å². The van der Waals surface area contributed by atoms with Crippen LogP contribution in [0.1, 0.15) is 51.7 Å². The van der Waals surface area contributed by atoms with Crippen LogP contribution in [0.5, 0.6) is 5.75 Å². The average Bonchev–Trinajstić information content (AvgIpc) is 3.04. The van der Waals surface area contributed by atoms with E-state index in [-0.39, 0.29) is 22.5 Å². The Morgan fingerprint density at radius 2 is 1.95 bits per heavy atom. The Bertz CT molecular complexity index is 2000. The van der Waals surface area contributed by atoms with Crippen LogP contribution < -0.4 is 0 Å². The van der Waals surface area contributed by atoms with Gasteiger partial charge < -0.3 is 9.84 Å². The van der Waals surface area contributed by atoms with E-state index in [0.717, 1.165) is 51.3 Å². The fourth-order valence-electron chi connectivity index (χ4n) is 5.98. The van der Waals surface area contributed by atoms with Gasteiger partial charge in [0.05, 0.1) is 11.6 Å². The Morgan fingerprint density at radius 1 is 1.09 bits per heavy atom. The van der Waals surface area contributed by atoms with Crippen LogP contribution in [-0.2, 0) is 11.2 Å². The molecule has 8 heteroatoms. The SMILES string of the molecule is CCOC(=O)c1nccc2cnccc12.O=C1c2c(ccc3cccc(O)c23)C2=C(CCC=C2)C1Cc1ccc(F)c(Cl)c1. The average molecular weight is 607 g/mol. The number of benzene rings is 3. The molecule has 44 heavy (non-hydrogen) atoms. The van der Waals surface area contributed by atoms with Crippen LogP contribution in [0.4, 0.5) is 4.39 Å². The number of ketones is 1. The van der Waals surface area contributed by atoms with Crippen molar-refractivity contribution in [1.29, 1.82) is 0 Å². The highest BCUT2D eigenvalue weighted by atomic mass is 35.5. The number of carbonyl (C=O) groups is 2. The monoisotopic (exact) mass is 606 g/mol. The number of hydrogen-bond acceptors (Lipinski definition) is 6. The zero-order valence-corrected chi connectivity index (χ0v) is 24.6. The first-order valence-electron chi connectivity index (χ1n) is 14.4. The number of halogens is 2. The minimum Gasteiger partial charge on any atom is -0.507 e. The number of rotatable bonds is 4. The Kier molecular flexibility index (Phi) is 8.22. The first kappa shape index (κ1) is 29.2. The number of allylic oxidation sites excluding steroid dienone is 4. The predicted molar refractivity (Wildman–Crippen MR) is 169 cm³/mol. The molecule has 6 nitrogen and oxygen atoms in total. The molecule has 2 aromatic heterocycles. The lowest BCUT2D eigenvalue weighted by molar-refractivity contribution is 0.0522. The van der Waals surface area contributed by atoms with Gasteiger partial charge in [-0.1, -0.05) is 59.7 Å². The quantitative estimate of drug-likeness (QED) is 0.207. The Hall–Kier alpha value is -4.88. The number of hydrogen-bond donors (Lipinski definition) is 1. The lowest BCUT2D eigenvalue weighted by Gasteiger charge is -2.31. The molecule has 0 radical (unpaired) electrons. The summed E-state index contributed by atoms with van der Waals surface area (Å²) in [5.41, 5.74) is 4.79. The van der Waals surface area contributed by atoms with Gasteiger partial charge in [0.2, 0.25) is 0 Å². The maximum atomic E-state index is 13.7. The number of esters is 1. The van der Waals surface area contributed by atoms with E-state index in [1.807, 2.05) is 24.3 Å². The van der Waals surface area contributed by atoms with Crippen molar-refractivity contribution in [3.63, 3.8) is 0 Å². The van der Waals surface area contributed by atoms with Gasteiger partial charge in [-0.3, -0.25) is 9.78 Å². The van der Waals surface area contributed by atoms with Gasteiger partial charge in [0, 0.05) is 46.2 Å². The summed E-state index contributed by atoms with van der Waals surface area (Å²) in [6.45, 7) is 2.12. The highest BCUT2D eigenvalue weighted by molar-refractivity contribution is 6.30. The van der Waals surface area contributed by atoms with Crippen LogP contribution in [-0.4, -0.2) is 33.4 Å². The van der Waals surface area contributed by atoms with E-state index in [1.165, 1.54) is 6.07 Å². The maximum Gasteiger partial charge on any atom is 0.357 e. The summed E-state index contributed by atoms with van der Waals surface area (Å²) < 4.78 is 18.5. The molecule has 0 fully saturated rings. The van der Waals surface area contributed by atoms with Crippen molar-refractivity contribution in [1.82, 2.24) is 9.97 Å². The van der Waals surface area contributed by atoms with Crippen molar-refractivity contribution in [2.45, 2.75) is 26.2 Å². The van der Waals surface area contributed by atoms with Crippen molar-refractivity contribution < 1.29 is 23.8 Å².